The second-order valence-electron chi connectivity index (χ2n) is 5.63. The first-order chi connectivity index (χ1) is 12.1. The standard InChI is InChI=1S/C12H15F13O2Si/c1-4-28(26-2,27-3)12(24,25)11(22,23)10(20,21)9(18,19)7(13,14)5-6-8(15,16)17/h4-6H2,1-3H3. The van der Waals surface area contributed by atoms with Crippen molar-refractivity contribution in [3.8, 4) is 0 Å². The summed E-state index contributed by atoms with van der Waals surface area (Å²) in [4.78, 5) is 0. The summed E-state index contributed by atoms with van der Waals surface area (Å²) in [5.74, 6) is -28.3. The Morgan fingerprint density at radius 1 is 0.607 bits per heavy atom. The first kappa shape index (κ1) is 27.2. The molecule has 0 atom stereocenters. The fraction of sp³-hybridized carbons (Fsp3) is 1.00. The molecule has 0 aliphatic heterocycles. The van der Waals surface area contributed by atoms with Crippen LogP contribution in [0.2, 0.25) is 6.04 Å². The average Bonchev–Trinajstić information content (AvgIpc) is 2.53. The van der Waals surface area contributed by atoms with Crippen molar-refractivity contribution in [2.75, 3.05) is 14.2 Å². The minimum atomic E-state index is -7.47. The lowest BCUT2D eigenvalue weighted by Crippen LogP contribution is -2.74. The maximum absolute atomic E-state index is 14.1. The van der Waals surface area contributed by atoms with Crippen LogP contribution < -0.4 is 0 Å². The zero-order chi connectivity index (χ0) is 23.0. The average molecular weight is 466 g/mol. The number of halogens is 13. The van der Waals surface area contributed by atoms with E-state index in [1.54, 1.807) is 0 Å². The van der Waals surface area contributed by atoms with Gasteiger partial charge < -0.3 is 8.85 Å². The Kier molecular flexibility index (Phi) is 7.59. The smallest absolute Gasteiger partial charge is 0.394 e. The third-order valence-electron chi connectivity index (χ3n) is 3.97. The summed E-state index contributed by atoms with van der Waals surface area (Å²) in [5.41, 5.74) is -6.18. The minimum Gasteiger partial charge on any atom is -0.394 e. The Balaban J connectivity index is 6.30. The van der Waals surface area contributed by atoms with Gasteiger partial charge in [0, 0.05) is 27.1 Å². The van der Waals surface area contributed by atoms with E-state index in [1.807, 2.05) is 0 Å². The van der Waals surface area contributed by atoms with Crippen LogP contribution in [0.4, 0.5) is 57.1 Å². The van der Waals surface area contributed by atoms with Crippen molar-refractivity contribution in [1.82, 2.24) is 0 Å². The number of hydrogen-bond acceptors (Lipinski definition) is 2. The number of hydrogen-bond donors (Lipinski definition) is 0. The van der Waals surface area contributed by atoms with E-state index < -0.39 is 62.9 Å². The van der Waals surface area contributed by atoms with Gasteiger partial charge in [-0.25, -0.2) is 0 Å². The lowest BCUT2D eigenvalue weighted by molar-refractivity contribution is -0.395. The molecule has 0 N–H and O–H groups in total. The molecular weight excluding hydrogens is 451 g/mol. The normalized spacial score (nSPS) is 15.9. The zero-order valence-corrected chi connectivity index (χ0v) is 15.4. The Labute approximate surface area is 151 Å². The van der Waals surface area contributed by atoms with Crippen LogP contribution in [0.3, 0.4) is 0 Å². The topological polar surface area (TPSA) is 18.5 Å². The predicted octanol–water partition coefficient (Wildman–Crippen LogP) is 5.80. The van der Waals surface area contributed by atoms with Gasteiger partial charge in [-0.1, -0.05) is 6.92 Å². The molecule has 0 unspecified atom stereocenters. The van der Waals surface area contributed by atoms with Gasteiger partial charge in [-0.2, -0.15) is 57.1 Å². The van der Waals surface area contributed by atoms with Crippen molar-refractivity contribution in [3.63, 3.8) is 0 Å². The lowest BCUT2D eigenvalue weighted by atomic mass is 9.95. The van der Waals surface area contributed by atoms with Gasteiger partial charge in [-0.3, -0.25) is 0 Å². The molecule has 16 heteroatoms. The summed E-state index contributed by atoms with van der Waals surface area (Å²) in [7, 11) is -5.04. The van der Waals surface area contributed by atoms with E-state index in [1.165, 1.54) is 0 Å². The summed E-state index contributed by atoms with van der Waals surface area (Å²) in [6.45, 7) is 0.706. The molecule has 0 fully saturated rings. The van der Waals surface area contributed by atoms with Gasteiger partial charge in [0.25, 0.3) is 0 Å². The molecule has 0 amide bonds. The number of rotatable bonds is 10. The van der Waals surface area contributed by atoms with Gasteiger partial charge in [-0.15, -0.1) is 0 Å². The van der Waals surface area contributed by atoms with Crippen LogP contribution in [0, 0.1) is 0 Å². The van der Waals surface area contributed by atoms with Crippen LogP contribution >= 0.6 is 0 Å². The first-order valence-corrected chi connectivity index (χ1v) is 9.22. The van der Waals surface area contributed by atoms with Crippen LogP contribution in [0.15, 0.2) is 0 Å². The lowest BCUT2D eigenvalue weighted by Gasteiger charge is -2.43. The Morgan fingerprint density at radius 2 is 1.00 bits per heavy atom. The fourth-order valence-corrected chi connectivity index (χ4v) is 4.51. The maximum atomic E-state index is 14.1. The molecule has 0 radical (unpaired) electrons. The van der Waals surface area contributed by atoms with Gasteiger partial charge in [0.1, 0.15) is 0 Å². The van der Waals surface area contributed by atoms with Crippen LogP contribution in [0.1, 0.15) is 19.8 Å². The first-order valence-electron chi connectivity index (χ1n) is 7.20. The van der Waals surface area contributed by atoms with Crippen molar-refractivity contribution in [1.29, 1.82) is 0 Å². The molecule has 0 aromatic heterocycles. The second-order valence-corrected chi connectivity index (χ2v) is 9.29. The molecule has 170 valence electrons. The summed E-state index contributed by atoms with van der Waals surface area (Å²) in [6.07, 6.45) is -11.3. The molecule has 0 bridgehead atoms. The molecule has 0 spiro atoms. The van der Waals surface area contributed by atoms with E-state index >= 15 is 0 Å². The van der Waals surface area contributed by atoms with Gasteiger partial charge >= 0.3 is 44.0 Å². The fourth-order valence-electron chi connectivity index (χ4n) is 2.17. The molecule has 28 heavy (non-hydrogen) atoms. The molecule has 2 nitrogen and oxygen atoms in total. The van der Waals surface area contributed by atoms with Crippen molar-refractivity contribution < 1.29 is 65.9 Å². The van der Waals surface area contributed by atoms with E-state index in [0.29, 0.717) is 21.1 Å². The highest BCUT2D eigenvalue weighted by molar-refractivity contribution is 6.70. The Hall–Kier alpha value is -0.773. The quantitative estimate of drug-likeness (QED) is 0.299. The van der Waals surface area contributed by atoms with Crippen LogP contribution in [0.5, 0.6) is 0 Å². The molecular formula is C12H15F13O2Si. The molecule has 0 aromatic carbocycles. The highest BCUT2D eigenvalue weighted by Crippen LogP contribution is 2.60. The van der Waals surface area contributed by atoms with Crippen molar-refractivity contribution in [2.24, 2.45) is 0 Å². The van der Waals surface area contributed by atoms with E-state index in [2.05, 4.69) is 8.85 Å². The van der Waals surface area contributed by atoms with Gasteiger partial charge in [-0.05, 0) is 6.04 Å². The number of alkyl halides is 13. The molecule has 0 heterocycles. The predicted molar refractivity (Wildman–Crippen MR) is 70.3 cm³/mol. The highest BCUT2D eigenvalue weighted by atomic mass is 28.4. The van der Waals surface area contributed by atoms with E-state index in [9.17, 15) is 57.1 Å². The van der Waals surface area contributed by atoms with Gasteiger partial charge in [0.05, 0.1) is 0 Å². The molecule has 0 saturated carbocycles. The van der Waals surface area contributed by atoms with Crippen LogP contribution in [0.25, 0.3) is 0 Å². The van der Waals surface area contributed by atoms with Crippen LogP contribution in [-0.2, 0) is 8.85 Å². The van der Waals surface area contributed by atoms with Crippen molar-refractivity contribution >= 4 is 8.56 Å². The molecule has 0 saturated heterocycles. The third kappa shape index (κ3) is 4.08. The van der Waals surface area contributed by atoms with Crippen molar-refractivity contribution in [3.05, 3.63) is 0 Å². The van der Waals surface area contributed by atoms with E-state index in [-0.39, 0.29) is 0 Å². The summed E-state index contributed by atoms with van der Waals surface area (Å²) >= 11 is 0. The van der Waals surface area contributed by atoms with Crippen molar-refractivity contribution in [2.45, 2.75) is 61.2 Å². The van der Waals surface area contributed by atoms with Gasteiger partial charge in [0.2, 0.25) is 0 Å². The summed E-state index contributed by atoms with van der Waals surface area (Å²) in [5, 5.41) is 0. The SMILES string of the molecule is CC[Si](OC)(OC)C(F)(F)C(F)(F)C(F)(F)C(F)(F)C(F)(F)CCC(F)(F)F. The second kappa shape index (κ2) is 7.81. The molecule has 0 aliphatic rings. The molecule has 0 rings (SSSR count). The largest absolute Gasteiger partial charge is 0.421 e. The summed E-state index contributed by atoms with van der Waals surface area (Å²) in [6, 6.07) is -1.19. The zero-order valence-electron chi connectivity index (χ0n) is 14.4. The summed E-state index contributed by atoms with van der Waals surface area (Å²) < 4.78 is 181. The van der Waals surface area contributed by atoms with Crippen LogP contribution in [-0.4, -0.2) is 58.2 Å². The Bertz CT molecular complexity index is 520. The maximum Gasteiger partial charge on any atom is 0.421 e. The van der Waals surface area contributed by atoms with E-state index in [0.717, 1.165) is 0 Å². The Morgan fingerprint density at radius 3 is 1.29 bits per heavy atom. The monoisotopic (exact) mass is 466 g/mol. The minimum absolute atomic E-state index is 0.331. The van der Waals surface area contributed by atoms with E-state index in [4.69, 9.17) is 0 Å². The van der Waals surface area contributed by atoms with Gasteiger partial charge in [0.15, 0.2) is 0 Å². The molecule has 0 aliphatic carbocycles. The highest BCUT2D eigenvalue weighted by Gasteiger charge is 2.90. The third-order valence-corrected chi connectivity index (χ3v) is 7.49. The molecule has 0 aromatic rings.